The van der Waals surface area contributed by atoms with Crippen LogP contribution in [0.3, 0.4) is 0 Å². The van der Waals surface area contributed by atoms with Gasteiger partial charge in [-0.25, -0.2) is 15.0 Å². The number of hydrogen-bond acceptors (Lipinski definition) is 7. The van der Waals surface area contributed by atoms with Crippen molar-refractivity contribution in [3.8, 4) is 0 Å². The molecular formula is C9H8N4O2S2. The Labute approximate surface area is 105 Å². The lowest BCUT2D eigenvalue weighted by Gasteiger charge is -1.99. The first-order valence-electron chi connectivity index (χ1n) is 4.65. The normalized spacial score (nSPS) is 10.5. The lowest BCUT2D eigenvalue weighted by molar-refractivity contribution is -0.380. The first-order chi connectivity index (χ1) is 8.04. The van der Waals surface area contributed by atoms with Crippen molar-refractivity contribution in [2.75, 3.05) is 0 Å². The van der Waals surface area contributed by atoms with Crippen molar-refractivity contribution >= 4 is 28.1 Å². The molecule has 2 heterocycles. The Bertz CT molecular complexity index is 550. The SMILES string of the molecule is Cc1cc(C)nc(Sc2ncc([N+](=O)[O-])s2)n1. The van der Waals surface area contributed by atoms with Gasteiger partial charge in [-0.2, -0.15) is 0 Å². The molecule has 0 radical (unpaired) electrons. The third kappa shape index (κ3) is 2.98. The van der Waals surface area contributed by atoms with Gasteiger partial charge >= 0.3 is 5.00 Å². The highest BCUT2D eigenvalue weighted by Crippen LogP contribution is 2.32. The Kier molecular flexibility index (Phi) is 3.34. The van der Waals surface area contributed by atoms with E-state index in [1.807, 2.05) is 19.9 Å². The van der Waals surface area contributed by atoms with Crippen molar-refractivity contribution in [1.29, 1.82) is 0 Å². The van der Waals surface area contributed by atoms with Crippen LogP contribution in [0, 0.1) is 24.0 Å². The number of aromatic nitrogens is 3. The minimum atomic E-state index is -0.454. The van der Waals surface area contributed by atoms with Gasteiger partial charge in [-0.15, -0.1) is 0 Å². The molecule has 8 heteroatoms. The summed E-state index contributed by atoms with van der Waals surface area (Å²) in [6.07, 6.45) is 1.25. The maximum absolute atomic E-state index is 10.5. The number of rotatable bonds is 3. The van der Waals surface area contributed by atoms with Crippen LogP contribution in [0.25, 0.3) is 0 Å². The quantitative estimate of drug-likeness (QED) is 0.483. The Morgan fingerprint density at radius 1 is 1.35 bits per heavy atom. The van der Waals surface area contributed by atoms with Gasteiger partial charge in [0.05, 0.1) is 4.92 Å². The summed E-state index contributed by atoms with van der Waals surface area (Å²) in [5, 5.41) is 11.1. The van der Waals surface area contributed by atoms with Crippen molar-refractivity contribution in [2.24, 2.45) is 0 Å². The van der Waals surface area contributed by atoms with Gasteiger partial charge in [-0.05, 0) is 43.0 Å². The van der Waals surface area contributed by atoms with Gasteiger partial charge in [0.1, 0.15) is 6.20 Å². The molecule has 0 aliphatic rings. The molecule has 0 unspecified atom stereocenters. The monoisotopic (exact) mass is 268 g/mol. The highest BCUT2D eigenvalue weighted by atomic mass is 32.2. The highest BCUT2D eigenvalue weighted by Gasteiger charge is 2.13. The summed E-state index contributed by atoms with van der Waals surface area (Å²) in [5.41, 5.74) is 1.73. The van der Waals surface area contributed by atoms with E-state index in [-0.39, 0.29) is 5.00 Å². The first-order valence-corrected chi connectivity index (χ1v) is 6.28. The van der Waals surface area contributed by atoms with E-state index in [1.54, 1.807) is 0 Å². The summed E-state index contributed by atoms with van der Waals surface area (Å²) in [7, 11) is 0. The second-order valence-electron chi connectivity index (χ2n) is 3.26. The average Bonchev–Trinajstić information content (AvgIpc) is 2.64. The molecule has 0 aromatic carbocycles. The van der Waals surface area contributed by atoms with Gasteiger partial charge in [0.2, 0.25) is 0 Å². The molecule has 0 spiro atoms. The Balaban J connectivity index is 2.22. The molecular weight excluding hydrogens is 260 g/mol. The van der Waals surface area contributed by atoms with E-state index in [0.29, 0.717) is 9.50 Å². The first kappa shape index (κ1) is 11.9. The zero-order chi connectivity index (χ0) is 12.4. The third-order valence-corrected chi connectivity index (χ3v) is 3.68. The van der Waals surface area contributed by atoms with Gasteiger partial charge < -0.3 is 0 Å². The van der Waals surface area contributed by atoms with E-state index in [2.05, 4.69) is 15.0 Å². The molecule has 0 atom stereocenters. The fourth-order valence-electron chi connectivity index (χ4n) is 1.20. The van der Waals surface area contributed by atoms with Gasteiger partial charge in [0, 0.05) is 11.4 Å². The molecule has 2 rings (SSSR count). The van der Waals surface area contributed by atoms with Crippen LogP contribution in [0.5, 0.6) is 0 Å². The minimum absolute atomic E-state index is 0.0249. The van der Waals surface area contributed by atoms with Crippen molar-refractivity contribution < 1.29 is 4.92 Å². The van der Waals surface area contributed by atoms with Crippen LogP contribution in [-0.2, 0) is 0 Å². The third-order valence-electron chi connectivity index (χ3n) is 1.79. The Morgan fingerprint density at radius 2 is 2.00 bits per heavy atom. The number of hydrogen-bond donors (Lipinski definition) is 0. The molecule has 0 fully saturated rings. The number of thiazole rings is 1. The summed E-state index contributed by atoms with van der Waals surface area (Å²) in [6.45, 7) is 3.76. The topological polar surface area (TPSA) is 81.8 Å². The number of aryl methyl sites for hydroxylation is 2. The van der Waals surface area contributed by atoms with Gasteiger partial charge in [0.25, 0.3) is 0 Å². The van der Waals surface area contributed by atoms with Crippen LogP contribution in [-0.4, -0.2) is 19.9 Å². The molecule has 0 amide bonds. The largest absolute Gasteiger partial charge is 0.344 e. The zero-order valence-corrected chi connectivity index (χ0v) is 10.7. The van der Waals surface area contributed by atoms with Crippen molar-refractivity contribution in [3.63, 3.8) is 0 Å². The van der Waals surface area contributed by atoms with Crippen LogP contribution in [0.15, 0.2) is 21.8 Å². The van der Waals surface area contributed by atoms with Crippen LogP contribution >= 0.6 is 23.1 Å². The van der Waals surface area contributed by atoms with E-state index < -0.39 is 4.92 Å². The average molecular weight is 268 g/mol. The number of nitrogens with zero attached hydrogens (tertiary/aromatic N) is 4. The summed E-state index contributed by atoms with van der Waals surface area (Å²) >= 11 is 2.26. The summed E-state index contributed by atoms with van der Waals surface area (Å²) in [6, 6.07) is 1.87. The van der Waals surface area contributed by atoms with E-state index >= 15 is 0 Å². The fourth-order valence-corrected chi connectivity index (χ4v) is 2.95. The van der Waals surface area contributed by atoms with Crippen molar-refractivity contribution in [3.05, 3.63) is 33.8 Å². The maximum atomic E-state index is 10.5. The molecule has 6 nitrogen and oxygen atoms in total. The van der Waals surface area contributed by atoms with Crippen LogP contribution in [0.2, 0.25) is 0 Å². The fraction of sp³-hybridized carbons (Fsp3) is 0.222. The van der Waals surface area contributed by atoms with E-state index in [1.165, 1.54) is 18.0 Å². The van der Waals surface area contributed by atoms with Gasteiger partial charge in [-0.1, -0.05) is 0 Å². The predicted molar refractivity (Wildman–Crippen MR) is 64.4 cm³/mol. The van der Waals surface area contributed by atoms with E-state index in [0.717, 1.165) is 22.7 Å². The second kappa shape index (κ2) is 4.76. The molecule has 2 aromatic heterocycles. The molecule has 0 aliphatic carbocycles. The van der Waals surface area contributed by atoms with Crippen LogP contribution in [0.4, 0.5) is 5.00 Å². The Hall–Kier alpha value is -1.54. The number of nitro groups is 1. The van der Waals surface area contributed by atoms with Gasteiger partial charge in [0.15, 0.2) is 9.50 Å². The maximum Gasteiger partial charge on any atom is 0.344 e. The molecule has 88 valence electrons. The lowest BCUT2D eigenvalue weighted by atomic mass is 10.4. The van der Waals surface area contributed by atoms with Crippen molar-refractivity contribution in [1.82, 2.24) is 15.0 Å². The Morgan fingerprint density at radius 3 is 2.53 bits per heavy atom. The molecule has 0 aliphatic heterocycles. The predicted octanol–water partition coefficient (Wildman–Crippen LogP) is 2.61. The molecule has 0 bridgehead atoms. The van der Waals surface area contributed by atoms with Crippen molar-refractivity contribution in [2.45, 2.75) is 23.3 Å². The standard InChI is InChI=1S/C9H8N4O2S2/c1-5-3-6(2)12-8(11-5)17-9-10-4-7(16-9)13(14)15/h3-4H,1-2H3. The molecule has 0 N–H and O–H groups in total. The lowest BCUT2D eigenvalue weighted by Crippen LogP contribution is -1.91. The van der Waals surface area contributed by atoms with Crippen LogP contribution in [0.1, 0.15) is 11.4 Å². The van der Waals surface area contributed by atoms with Gasteiger partial charge in [-0.3, -0.25) is 10.1 Å². The smallest absolute Gasteiger partial charge is 0.257 e. The molecule has 0 saturated carbocycles. The summed E-state index contributed by atoms with van der Waals surface area (Å²) in [4.78, 5) is 22.5. The molecule has 17 heavy (non-hydrogen) atoms. The van der Waals surface area contributed by atoms with Crippen LogP contribution < -0.4 is 0 Å². The van der Waals surface area contributed by atoms with E-state index in [9.17, 15) is 10.1 Å². The highest BCUT2D eigenvalue weighted by molar-refractivity contribution is 8.00. The summed E-state index contributed by atoms with van der Waals surface area (Å²) in [5.74, 6) is 0. The molecule has 0 saturated heterocycles. The second-order valence-corrected chi connectivity index (χ2v) is 5.48. The zero-order valence-electron chi connectivity index (χ0n) is 9.08. The minimum Gasteiger partial charge on any atom is -0.257 e. The molecule has 2 aromatic rings. The summed E-state index contributed by atoms with van der Waals surface area (Å²) < 4.78 is 0.571. The van der Waals surface area contributed by atoms with E-state index in [4.69, 9.17) is 0 Å².